The summed E-state index contributed by atoms with van der Waals surface area (Å²) in [5.41, 5.74) is 1.97. The number of para-hydroxylation sites is 2. The lowest BCUT2D eigenvalue weighted by Gasteiger charge is -2.37. The number of thioether (sulfide) groups is 1. The Hall–Kier alpha value is -1.40. The normalized spacial score (nSPS) is 25.2. The van der Waals surface area contributed by atoms with Gasteiger partial charge >= 0.3 is 6.03 Å². The van der Waals surface area contributed by atoms with Crippen LogP contribution in [0.3, 0.4) is 0 Å². The Labute approximate surface area is 148 Å². The molecular formula is C18H27N3O2S. The number of hydrogen-bond acceptors (Lipinski definition) is 4. The SMILES string of the molecule is C[C@@H]1CN(c2ccccc2NC(=O)N2CCCSCC2)C[C@H](C)O1. The lowest BCUT2D eigenvalue weighted by Crippen LogP contribution is -2.46. The minimum absolute atomic E-state index is 0.0132. The van der Waals surface area contributed by atoms with Crippen LogP contribution >= 0.6 is 11.8 Å². The van der Waals surface area contributed by atoms with E-state index >= 15 is 0 Å². The van der Waals surface area contributed by atoms with Crippen LogP contribution in [0.5, 0.6) is 0 Å². The summed E-state index contributed by atoms with van der Waals surface area (Å²) in [6.07, 6.45) is 1.46. The molecule has 0 radical (unpaired) electrons. The largest absolute Gasteiger partial charge is 0.372 e. The van der Waals surface area contributed by atoms with Gasteiger partial charge in [-0.15, -0.1) is 0 Å². The number of nitrogens with one attached hydrogen (secondary N) is 1. The van der Waals surface area contributed by atoms with E-state index in [9.17, 15) is 4.79 Å². The average molecular weight is 350 g/mol. The molecule has 5 nitrogen and oxygen atoms in total. The zero-order chi connectivity index (χ0) is 16.9. The number of benzene rings is 1. The van der Waals surface area contributed by atoms with Crippen molar-refractivity contribution in [1.82, 2.24) is 4.90 Å². The van der Waals surface area contributed by atoms with E-state index in [1.54, 1.807) is 0 Å². The lowest BCUT2D eigenvalue weighted by atomic mass is 10.1. The highest BCUT2D eigenvalue weighted by atomic mass is 32.2. The number of urea groups is 1. The highest BCUT2D eigenvalue weighted by molar-refractivity contribution is 7.99. The summed E-state index contributed by atoms with van der Waals surface area (Å²) in [6, 6.07) is 8.09. The maximum Gasteiger partial charge on any atom is 0.321 e. The molecule has 0 spiro atoms. The van der Waals surface area contributed by atoms with E-state index in [0.29, 0.717) is 0 Å². The van der Waals surface area contributed by atoms with Gasteiger partial charge in [0.2, 0.25) is 0 Å². The minimum Gasteiger partial charge on any atom is -0.372 e. The number of anilines is 2. The van der Waals surface area contributed by atoms with Crippen LogP contribution in [-0.2, 0) is 4.74 Å². The number of amides is 2. The molecule has 6 heteroatoms. The van der Waals surface area contributed by atoms with Crippen molar-refractivity contribution in [1.29, 1.82) is 0 Å². The third-order valence-corrected chi connectivity index (χ3v) is 5.46. The van der Waals surface area contributed by atoms with Gasteiger partial charge in [-0.2, -0.15) is 11.8 Å². The Morgan fingerprint density at radius 1 is 1.17 bits per heavy atom. The summed E-state index contributed by atoms with van der Waals surface area (Å²) in [5.74, 6) is 2.16. The second-order valence-electron chi connectivity index (χ2n) is 6.56. The highest BCUT2D eigenvalue weighted by Gasteiger charge is 2.25. The van der Waals surface area contributed by atoms with E-state index in [1.165, 1.54) is 0 Å². The molecule has 0 saturated carbocycles. The highest BCUT2D eigenvalue weighted by Crippen LogP contribution is 2.29. The monoisotopic (exact) mass is 349 g/mol. The topological polar surface area (TPSA) is 44.8 Å². The van der Waals surface area contributed by atoms with Crippen LogP contribution in [-0.4, -0.2) is 60.8 Å². The van der Waals surface area contributed by atoms with Crippen LogP contribution in [0.4, 0.5) is 16.2 Å². The van der Waals surface area contributed by atoms with Gasteiger partial charge in [0, 0.05) is 31.9 Å². The zero-order valence-electron chi connectivity index (χ0n) is 14.5. The van der Waals surface area contributed by atoms with Crippen molar-refractivity contribution >= 4 is 29.2 Å². The molecule has 2 amide bonds. The lowest BCUT2D eigenvalue weighted by molar-refractivity contribution is -0.00517. The van der Waals surface area contributed by atoms with Crippen molar-refractivity contribution < 1.29 is 9.53 Å². The molecule has 132 valence electrons. The van der Waals surface area contributed by atoms with Crippen molar-refractivity contribution in [3.05, 3.63) is 24.3 Å². The maximum atomic E-state index is 12.6. The molecule has 0 unspecified atom stereocenters. The van der Waals surface area contributed by atoms with Gasteiger partial charge in [0.15, 0.2) is 0 Å². The fourth-order valence-corrected chi connectivity index (χ4v) is 4.26. The summed E-state index contributed by atoms with van der Waals surface area (Å²) in [5, 5.41) is 3.13. The second-order valence-corrected chi connectivity index (χ2v) is 7.79. The first-order valence-electron chi connectivity index (χ1n) is 8.76. The molecule has 0 bridgehead atoms. The van der Waals surface area contributed by atoms with Crippen LogP contribution in [0.15, 0.2) is 24.3 Å². The summed E-state index contributed by atoms with van der Waals surface area (Å²) in [7, 11) is 0. The fraction of sp³-hybridized carbons (Fsp3) is 0.611. The summed E-state index contributed by atoms with van der Waals surface area (Å²) in [6.45, 7) is 7.55. The molecule has 2 heterocycles. The molecule has 1 N–H and O–H groups in total. The van der Waals surface area contributed by atoms with E-state index < -0.39 is 0 Å². The summed E-state index contributed by atoms with van der Waals surface area (Å²) < 4.78 is 5.83. The molecule has 2 aliphatic rings. The van der Waals surface area contributed by atoms with Gasteiger partial charge < -0.3 is 19.9 Å². The Bertz CT molecular complexity index is 551. The van der Waals surface area contributed by atoms with Gasteiger partial charge in [0.1, 0.15) is 0 Å². The van der Waals surface area contributed by atoms with Crippen LogP contribution in [0.2, 0.25) is 0 Å². The fourth-order valence-electron chi connectivity index (χ4n) is 3.37. The third-order valence-electron chi connectivity index (χ3n) is 4.42. The number of hydrogen-bond donors (Lipinski definition) is 1. The first-order chi connectivity index (χ1) is 11.6. The van der Waals surface area contributed by atoms with E-state index in [-0.39, 0.29) is 18.2 Å². The van der Waals surface area contributed by atoms with Crippen LogP contribution in [0, 0.1) is 0 Å². The zero-order valence-corrected chi connectivity index (χ0v) is 15.3. The molecule has 1 aromatic carbocycles. The molecule has 3 rings (SSSR count). The van der Waals surface area contributed by atoms with Gasteiger partial charge in [-0.25, -0.2) is 4.79 Å². The first-order valence-corrected chi connectivity index (χ1v) is 9.92. The van der Waals surface area contributed by atoms with Crippen molar-refractivity contribution in [2.24, 2.45) is 0 Å². The van der Waals surface area contributed by atoms with E-state index in [1.807, 2.05) is 34.9 Å². The van der Waals surface area contributed by atoms with E-state index in [0.717, 1.165) is 55.5 Å². The Kier molecular flexibility index (Phi) is 5.89. The average Bonchev–Trinajstić information content (AvgIpc) is 2.84. The minimum atomic E-state index is 0.0132. The van der Waals surface area contributed by atoms with E-state index in [2.05, 4.69) is 30.1 Å². The predicted molar refractivity (Wildman–Crippen MR) is 101 cm³/mol. The molecule has 0 aromatic heterocycles. The Balaban J connectivity index is 1.72. The number of nitrogens with zero attached hydrogens (tertiary/aromatic N) is 2. The number of carbonyl (C=O) groups is 1. The number of ether oxygens (including phenoxy) is 1. The van der Waals surface area contributed by atoms with Gasteiger partial charge in [0.25, 0.3) is 0 Å². The number of carbonyl (C=O) groups excluding carboxylic acids is 1. The van der Waals surface area contributed by atoms with Crippen molar-refractivity contribution in [3.8, 4) is 0 Å². The van der Waals surface area contributed by atoms with Crippen molar-refractivity contribution in [2.75, 3.05) is 47.9 Å². The van der Waals surface area contributed by atoms with Crippen LogP contribution in [0.1, 0.15) is 20.3 Å². The van der Waals surface area contributed by atoms with Gasteiger partial charge in [-0.3, -0.25) is 0 Å². The van der Waals surface area contributed by atoms with Gasteiger partial charge in [-0.1, -0.05) is 12.1 Å². The smallest absolute Gasteiger partial charge is 0.321 e. The van der Waals surface area contributed by atoms with Gasteiger partial charge in [-0.05, 0) is 38.2 Å². The molecule has 24 heavy (non-hydrogen) atoms. The second kappa shape index (κ2) is 8.12. The quantitative estimate of drug-likeness (QED) is 0.890. The van der Waals surface area contributed by atoms with Gasteiger partial charge in [0.05, 0.1) is 23.6 Å². The van der Waals surface area contributed by atoms with Crippen LogP contribution in [0.25, 0.3) is 0 Å². The Morgan fingerprint density at radius 3 is 2.71 bits per heavy atom. The van der Waals surface area contributed by atoms with Crippen molar-refractivity contribution in [3.63, 3.8) is 0 Å². The standard InChI is InChI=1S/C18H27N3O2S/c1-14-12-21(13-15(2)23-14)17-7-4-3-6-16(17)19-18(22)20-8-5-10-24-11-9-20/h3-4,6-7,14-15H,5,8-13H2,1-2H3,(H,19,22)/t14-,15+. The molecule has 1 aromatic rings. The van der Waals surface area contributed by atoms with E-state index in [4.69, 9.17) is 4.74 Å². The molecule has 2 atom stereocenters. The predicted octanol–water partition coefficient (Wildman–Crippen LogP) is 3.27. The first kappa shape index (κ1) is 17.4. The van der Waals surface area contributed by atoms with Crippen LogP contribution < -0.4 is 10.2 Å². The number of morpholine rings is 1. The van der Waals surface area contributed by atoms with Crippen molar-refractivity contribution in [2.45, 2.75) is 32.5 Å². The number of rotatable bonds is 2. The molecule has 2 saturated heterocycles. The molecule has 2 aliphatic heterocycles. The third kappa shape index (κ3) is 4.36. The molecule has 0 aliphatic carbocycles. The maximum absolute atomic E-state index is 12.6. The Morgan fingerprint density at radius 2 is 1.92 bits per heavy atom. The molecular weight excluding hydrogens is 322 g/mol. The summed E-state index contributed by atoms with van der Waals surface area (Å²) in [4.78, 5) is 16.9. The summed E-state index contributed by atoms with van der Waals surface area (Å²) >= 11 is 1.93. The molecule has 2 fully saturated rings.